The van der Waals surface area contributed by atoms with Crippen molar-refractivity contribution in [2.75, 3.05) is 31.1 Å². The summed E-state index contributed by atoms with van der Waals surface area (Å²) in [5, 5.41) is 2.99. The largest absolute Gasteiger partial charge is 0.454 e. The molecule has 0 radical (unpaired) electrons. The maximum atomic E-state index is 12.8. The number of hydrogen-bond donors (Lipinski definition) is 1. The molecule has 0 aromatic heterocycles. The zero-order valence-corrected chi connectivity index (χ0v) is 14.4. The topological polar surface area (TPSA) is 50.8 Å². The summed E-state index contributed by atoms with van der Waals surface area (Å²) in [6.45, 7) is 4.02. The Morgan fingerprint density at radius 2 is 1.71 bits per heavy atom. The first kappa shape index (κ1) is 16.2. The summed E-state index contributed by atoms with van der Waals surface area (Å²) in [5.74, 6) is 1.33. The van der Waals surface area contributed by atoms with E-state index in [1.54, 1.807) is 0 Å². The number of amides is 1. The molecular formula is C19H22N2O3. The number of anilines is 2. The SMILES string of the molecule is CN(C)c1ccc(NC(=O)C(C)(C)c2ccc3c(c2)OCO3)cc1. The van der Waals surface area contributed by atoms with Crippen LogP contribution in [0.15, 0.2) is 42.5 Å². The molecule has 0 fully saturated rings. The third-order valence-corrected chi connectivity index (χ3v) is 4.30. The quantitative estimate of drug-likeness (QED) is 0.935. The van der Waals surface area contributed by atoms with Crippen molar-refractivity contribution >= 4 is 17.3 Å². The van der Waals surface area contributed by atoms with Crippen molar-refractivity contribution < 1.29 is 14.3 Å². The van der Waals surface area contributed by atoms with Gasteiger partial charge in [0.2, 0.25) is 12.7 Å². The van der Waals surface area contributed by atoms with E-state index in [2.05, 4.69) is 5.32 Å². The van der Waals surface area contributed by atoms with E-state index < -0.39 is 5.41 Å². The minimum Gasteiger partial charge on any atom is -0.454 e. The Balaban J connectivity index is 1.77. The van der Waals surface area contributed by atoms with Gasteiger partial charge < -0.3 is 19.7 Å². The fourth-order valence-corrected chi connectivity index (χ4v) is 2.55. The molecule has 0 aliphatic carbocycles. The molecule has 5 nitrogen and oxygen atoms in total. The fraction of sp³-hybridized carbons (Fsp3) is 0.316. The molecule has 24 heavy (non-hydrogen) atoms. The van der Waals surface area contributed by atoms with Crippen LogP contribution in [0.3, 0.4) is 0 Å². The Hall–Kier alpha value is -2.69. The van der Waals surface area contributed by atoms with E-state index in [0.29, 0.717) is 11.5 Å². The molecule has 0 saturated carbocycles. The summed E-state index contributed by atoms with van der Waals surface area (Å²) in [6.07, 6.45) is 0. The first-order valence-electron chi connectivity index (χ1n) is 7.87. The van der Waals surface area contributed by atoms with Gasteiger partial charge in [-0.2, -0.15) is 0 Å². The summed E-state index contributed by atoms with van der Waals surface area (Å²) in [7, 11) is 3.96. The molecule has 1 aliphatic heterocycles. The van der Waals surface area contributed by atoms with Crippen LogP contribution in [0.4, 0.5) is 11.4 Å². The van der Waals surface area contributed by atoms with E-state index >= 15 is 0 Å². The molecule has 3 rings (SSSR count). The fourth-order valence-electron chi connectivity index (χ4n) is 2.55. The van der Waals surface area contributed by atoms with Crippen LogP contribution in [0.1, 0.15) is 19.4 Å². The summed E-state index contributed by atoms with van der Waals surface area (Å²) >= 11 is 0. The molecule has 1 amide bonds. The molecule has 5 heteroatoms. The summed E-state index contributed by atoms with van der Waals surface area (Å²) in [4.78, 5) is 14.8. The van der Waals surface area contributed by atoms with Crippen molar-refractivity contribution in [1.29, 1.82) is 0 Å². The molecule has 0 unspecified atom stereocenters. The van der Waals surface area contributed by atoms with Gasteiger partial charge in [0.15, 0.2) is 11.5 Å². The zero-order valence-electron chi connectivity index (χ0n) is 14.4. The van der Waals surface area contributed by atoms with Crippen molar-refractivity contribution in [3.63, 3.8) is 0 Å². The molecule has 126 valence electrons. The van der Waals surface area contributed by atoms with Crippen molar-refractivity contribution in [2.24, 2.45) is 0 Å². The van der Waals surface area contributed by atoms with Gasteiger partial charge in [0.1, 0.15) is 0 Å². The predicted molar refractivity (Wildman–Crippen MR) is 95.0 cm³/mol. The number of carbonyl (C=O) groups is 1. The van der Waals surface area contributed by atoms with Gasteiger partial charge in [-0.05, 0) is 55.8 Å². The highest BCUT2D eigenvalue weighted by Gasteiger charge is 2.31. The van der Waals surface area contributed by atoms with Crippen molar-refractivity contribution in [2.45, 2.75) is 19.3 Å². The summed E-state index contributed by atoms with van der Waals surface area (Å²) in [5.41, 5.74) is 2.05. The monoisotopic (exact) mass is 326 g/mol. The third-order valence-electron chi connectivity index (χ3n) is 4.30. The average Bonchev–Trinajstić information content (AvgIpc) is 3.02. The molecular weight excluding hydrogens is 304 g/mol. The number of ether oxygens (including phenoxy) is 2. The van der Waals surface area contributed by atoms with Crippen LogP contribution in [0.5, 0.6) is 11.5 Å². The average molecular weight is 326 g/mol. The summed E-state index contributed by atoms with van der Waals surface area (Å²) < 4.78 is 10.7. The Morgan fingerprint density at radius 1 is 1.04 bits per heavy atom. The van der Waals surface area contributed by atoms with Crippen LogP contribution in [0.25, 0.3) is 0 Å². The number of carbonyl (C=O) groups excluding carboxylic acids is 1. The van der Waals surface area contributed by atoms with Gasteiger partial charge in [0, 0.05) is 25.5 Å². The second-order valence-corrected chi connectivity index (χ2v) is 6.59. The van der Waals surface area contributed by atoms with E-state index in [-0.39, 0.29) is 12.7 Å². The Morgan fingerprint density at radius 3 is 2.38 bits per heavy atom. The van der Waals surface area contributed by atoms with E-state index in [1.165, 1.54) is 0 Å². The van der Waals surface area contributed by atoms with Crippen LogP contribution in [0.2, 0.25) is 0 Å². The highest BCUT2D eigenvalue weighted by Crippen LogP contribution is 2.36. The van der Waals surface area contributed by atoms with E-state index in [1.807, 2.05) is 75.3 Å². The molecule has 0 atom stereocenters. The van der Waals surface area contributed by atoms with Crippen LogP contribution in [-0.4, -0.2) is 26.8 Å². The minimum atomic E-state index is -0.693. The lowest BCUT2D eigenvalue weighted by atomic mass is 9.83. The smallest absolute Gasteiger partial charge is 0.234 e. The molecule has 1 N–H and O–H groups in total. The van der Waals surface area contributed by atoms with Crippen LogP contribution < -0.4 is 19.7 Å². The van der Waals surface area contributed by atoms with Gasteiger partial charge in [0.25, 0.3) is 0 Å². The molecule has 2 aromatic carbocycles. The van der Waals surface area contributed by atoms with Gasteiger partial charge in [-0.1, -0.05) is 6.07 Å². The number of benzene rings is 2. The van der Waals surface area contributed by atoms with E-state index in [0.717, 1.165) is 16.9 Å². The van der Waals surface area contributed by atoms with Crippen molar-refractivity contribution in [3.8, 4) is 11.5 Å². The zero-order chi connectivity index (χ0) is 17.3. The number of nitrogens with zero attached hydrogens (tertiary/aromatic N) is 1. The molecule has 1 heterocycles. The highest BCUT2D eigenvalue weighted by molar-refractivity contribution is 5.98. The van der Waals surface area contributed by atoms with Crippen LogP contribution in [-0.2, 0) is 10.2 Å². The van der Waals surface area contributed by atoms with Crippen molar-refractivity contribution in [3.05, 3.63) is 48.0 Å². The molecule has 0 bridgehead atoms. The van der Waals surface area contributed by atoms with Gasteiger partial charge in [-0.3, -0.25) is 4.79 Å². The Labute approximate surface area is 142 Å². The molecule has 0 saturated heterocycles. The van der Waals surface area contributed by atoms with Gasteiger partial charge in [0.05, 0.1) is 5.41 Å². The molecule has 0 spiro atoms. The lowest BCUT2D eigenvalue weighted by molar-refractivity contribution is -0.120. The second-order valence-electron chi connectivity index (χ2n) is 6.59. The number of nitrogens with one attached hydrogen (secondary N) is 1. The minimum absolute atomic E-state index is 0.0704. The highest BCUT2D eigenvalue weighted by atomic mass is 16.7. The normalized spacial score (nSPS) is 12.8. The Kier molecular flexibility index (Phi) is 4.09. The van der Waals surface area contributed by atoms with E-state index in [9.17, 15) is 4.79 Å². The maximum Gasteiger partial charge on any atom is 0.234 e. The lowest BCUT2D eigenvalue weighted by Gasteiger charge is -2.24. The number of hydrogen-bond acceptors (Lipinski definition) is 4. The number of fused-ring (bicyclic) bond motifs is 1. The maximum absolute atomic E-state index is 12.8. The van der Waals surface area contributed by atoms with E-state index in [4.69, 9.17) is 9.47 Å². The number of rotatable bonds is 4. The van der Waals surface area contributed by atoms with Crippen LogP contribution in [0, 0.1) is 0 Å². The third kappa shape index (κ3) is 3.02. The van der Waals surface area contributed by atoms with Gasteiger partial charge in [-0.25, -0.2) is 0 Å². The standard InChI is InChI=1S/C19H22N2O3/c1-19(2,13-5-10-16-17(11-13)24-12-23-16)18(22)20-14-6-8-15(9-7-14)21(3)4/h5-11H,12H2,1-4H3,(H,20,22). The molecule has 1 aliphatic rings. The first-order chi connectivity index (χ1) is 11.4. The van der Waals surface area contributed by atoms with Gasteiger partial charge >= 0.3 is 0 Å². The summed E-state index contributed by atoms with van der Waals surface area (Å²) in [6, 6.07) is 13.4. The van der Waals surface area contributed by atoms with Crippen LogP contribution >= 0.6 is 0 Å². The molecule has 2 aromatic rings. The first-order valence-corrected chi connectivity index (χ1v) is 7.87. The van der Waals surface area contributed by atoms with Crippen molar-refractivity contribution in [1.82, 2.24) is 0 Å². The van der Waals surface area contributed by atoms with Gasteiger partial charge in [-0.15, -0.1) is 0 Å². The Bertz CT molecular complexity index is 752. The second kappa shape index (κ2) is 6.07. The lowest BCUT2D eigenvalue weighted by Crippen LogP contribution is -2.34. The predicted octanol–water partition coefficient (Wildman–Crippen LogP) is 3.40.